The van der Waals surface area contributed by atoms with Gasteiger partial charge in [0.1, 0.15) is 5.75 Å². The molecule has 0 N–H and O–H groups in total. The fourth-order valence-electron chi connectivity index (χ4n) is 4.25. The number of fused-ring (bicyclic) bond motifs is 3. The van der Waals surface area contributed by atoms with Crippen molar-refractivity contribution in [1.29, 1.82) is 0 Å². The molecule has 3 aromatic heterocycles. The zero-order valence-corrected chi connectivity index (χ0v) is 18.9. The summed E-state index contributed by atoms with van der Waals surface area (Å²) in [6.07, 6.45) is 2.50. The van der Waals surface area contributed by atoms with Crippen LogP contribution in [0.2, 0.25) is 0 Å². The summed E-state index contributed by atoms with van der Waals surface area (Å²) in [6.45, 7) is 2.88. The highest BCUT2D eigenvalue weighted by Gasteiger charge is 2.20. The molecule has 0 saturated heterocycles. The van der Waals surface area contributed by atoms with Crippen molar-refractivity contribution in [3.8, 4) is 5.75 Å². The molecule has 8 heteroatoms. The van der Waals surface area contributed by atoms with Crippen LogP contribution in [0.3, 0.4) is 0 Å². The summed E-state index contributed by atoms with van der Waals surface area (Å²) >= 11 is 0. The van der Waals surface area contributed by atoms with Gasteiger partial charge in [-0.2, -0.15) is 4.98 Å². The summed E-state index contributed by atoms with van der Waals surface area (Å²) in [7, 11) is 3.30. The van der Waals surface area contributed by atoms with Gasteiger partial charge in [-0.25, -0.2) is 4.79 Å². The van der Waals surface area contributed by atoms with Crippen LogP contribution in [0.5, 0.6) is 5.75 Å². The lowest BCUT2D eigenvalue weighted by Crippen LogP contribution is -2.39. The minimum Gasteiger partial charge on any atom is -0.497 e. The molecule has 0 spiro atoms. The first kappa shape index (κ1) is 20.8. The lowest BCUT2D eigenvalue weighted by atomic mass is 10.1. The molecule has 5 aromatic rings. The number of aryl methyl sites for hydroxylation is 3. The maximum Gasteiger partial charge on any atom is 0.332 e. The van der Waals surface area contributed by atoms with Crippen molar-refractivity contribution in [2.45, 2.75) is 26.4 Å². The van der Waals surface area contributed by atoms with E-state index in [2.05, 4.69) is 0 Å². The number of aromatic nitrogens is 5. The van der Waals surface area contributed by atoms with E-state index >= 15 is 0 Å². The molecular formula is C25H25N5O3. The fraction of sp³-hybridized carbons (Fsp3) is 0.240. The summed E-state index contributed by atoms with van der Waals surface area (Å²) in [5, 5.41) is 0. The number of rotatable bonds is 6. The first-order valence-corrected chi connectivity index (χ1v) is 10.8. The second-order valence-electron chi connectivity index (χ2n) is 8.19. The predicted octanol–water partition coefficient (Wildman–Crippen LogP) is 2.76. The Bertz CT molecular complexity index is 1570. The largest absolute Gasteiger partial charge is 0.497 e. The van der Waals surface area contributed by atoms with Crippen molar-refractivity contribution in [3.63, 3.8) is 0 Å². The zero-order chi connectivity index (χ0) is 23.1. The molecule has 3 heterocycles. The first-order valence-electron chi connectivity index (χ1n) is 10.8. The smallest absolute Gasteiger partial charge is 0.332 e. The quantitative estimate of drug-likeness (QED) is 0.404. The van der Waals surface area contributed by atoms with Gasteiger partial charge in [0.15, 0.2) is 11.2 Å². The summed E-state index contributed by atoms with van der Waals surface area (Å²) in [6, 6.07) is 17.7. The Balaban J connectivity index is 1.60. The van der Waals surface area contributed by atoms with Crippen LogP contribution in [-0.2, 0) is 26.6 Å². The Morgan fingerprint density at radius 2 is 1.67 bits per heavy atom. The molecule has 2 aromatic carbocycles. The van der Waals surface area contributed by atoms with Crippen molar-refractivity contribution in [3.05, 3.63) is 98.5 Å². The van der Waals surface area contributed by atoms with Crippen molar-refractivity contribution in [1.82, 2.24) is 23.1 Å². The monoisotopic (exact) mass is 443 g/mol. The molecular weight excluding hydrogens is 418 g/mol. The third-order valence-corrected chi connectivity index (χ3v) is 6.11. The van der Waals surface area contributed by atoms with Crippen LogP contribution >= 0.6 is 0 Å². The molecule has 8 nitrogen and oxygen atoms in total. The lowest BCUT2D eigenvalue weighted by Gasteiger charge is -2.08. The van der Waals surface area contributed by atoms with E-state index in [-0.39, 0.29) is 11.2 Å². The van der Waals surface area contributed by atoms with Crippen LogP contribution in [0.1, 0.15) is 16.8 Å². The van der Waals surface area contributed by atoms with Gasteiger partial charge in [0.2, 0.25) is 5.78 Å². The van der Waals surface area contributed by atoms with Crippen LogP contribution in [0.25, 0.3) is 16.9 Å². The van der Waals surface area contributed by atoms with Gasteiger partial charge >= 0.3 is 5.69 Å². The van der Waals surface area contributed by atoms with E-state index in [0.29, 0.717) is 36.5 Å². The van der Waals surface area contributed by atoms with Gasteiger partial charge in [0.05, 0.1) is 13.7 Å². The standard InChI is InChI=1S/C25H25N5O3/c1-17-15-30-21-22(26-24(30)29(17)16-19-9-11-20(33-3)12-10-19)27(2)25(32)28(23(21)31)14-13-18-7-5-4-6-8-18/h4-12,15H,13-14,16H2,1-3H3. The summed E-state index contributed by atoms with van der Waals surface area (Å²) in [4.78, 5) is 31.1. The van der Waals surface area contributed by atoms with Gasteiger partial charge in [0, 0.05) is 25.5 Å². The first-order chi connectivity index (χ1) is 16.0. The Morgan fingerprint density at radius 1 is 0.939 bits per heavy atom. The third-order valence-electron chi connectivity index (χ3n) is 6.11. The summed E-state index contributed by atoms with van der Waals surface area (Å²) in [5.41, 5.74) is 3.25. The molecule has 0 saturated carbocycles. The molecule has 0 aliphatic carbocycles. The van der Waals surface area contributed by atoms with Gasteiger partial charge in [-0.15, -0.1) is 0 Å². The normalized spacial score (nSPS) is 11.5. The van der Waals surface area contributed by atoms with Crippen LogP contribution in [0, 0.1) is 6.92 Å². The summed E-state index contributed by atoms with van der Waals surface area (Å²) < 4.78 is 11.8. The Labute approximate surface area is 189 Å². The van der Waals surface area contributed by atoms with E-state index in [4.69, 9.17) is 9.72 Å². The highest BCUT2D eigenvalue weighted by atomic mass is 16.5. The molecule has 0 bridgehead atoms. The molecule has 0 amide bonds. The van der Waals surface area contributed by atoms with E-state index in [0.717, 1.165) is 22.6 Å². The number of hydrogen-bond acceptors (Lipinski definition) is 4. The van der Waals surface area contributed by atoms with Gasteiger partial charge in [-0.05, 0) is 36.6 Å². The second-order valence-corrected chi connectivity index (χ2v) is 8.19. The van der Waals surface area contributed by atoms with Crippen molar-refractivity contribution < 1.29 is 4.74 Å². The van der Waals surface area contributed by atoms with E-state index in [1.807, 2.05) is 72.3 Å². The van der Waals surface area contributed by atoms with Crippen LogP contribution in [0.15, 0.2) is 70.4 Å². The highest BCUT2D eigenvalue weighted by Crippen LogP contribution is 2.19. The minimum absolute atomic E-state index is 0.310. The maximum absolute atomic E-state index is 13.4. The molecule has 5 rings (SSSR count). The predicted molar refractivity (Wildman–Crippen MR) is 127 cm³/mol. The van der Waals surface area contributed by atoms with Crippen LogP contribution in [-0.4, -0.2) is 30.2 Å². The zero-order valence-electron chi connectivity index (χ0n) is 18.9. The van der Waals surface area contributed by atoms with E-state index in [1.165, 1.54) is 9.13 Å². The number of benzene rings is 2. The van der Waals surface area contributed by atoms with E-state index in [9.17, 15) is 9.59 Å². The Kier molecular flexibility index (Phi) is 5.12. The molecule has 33 heavy (non-hydrogen) atoms. The van der Waals surface area contributed by atoms with Crippen LogP contribution in [0.4, 0.5) is 0 Å². The Morgan fingerprint density at radius 3 is 2.36 bits per heavy atom. The molecule has 0 radical (unpaired) electrons. The van der Waals surface area contributed by atoms with Crippen molar-refractivity contribution in [2.75, 3.05) is 7.11 Å². The second kappa shape index (κ2) is 8.12. The van der Waals surface area contributed by atoms with Gasteiger partial charge in [0.25, 0.3) is 5.56 Å². The highest BCUT2D eigenvalue weighted by molar-refractivity contribution is 5.75. The lowest BCUT2D eigenvalue weighted by molar-refractivity contribution is 0.414. The fourth-order valence-corrected chi connectivity index (χ4v) is 4.25. The van der Waals surface area contributed by atoms with E-state index < -0.39 is 0 Å². The SMILES string of the molecule is COc1ccc(Cn2c(C)cn3c4c(=O)n(CCc5ccccc5)c(=O)n(C)c4nc23)cc1. The number of hydrogen-bond donors (Lipinski definition) is 0. The van der Waals surface area contributed by atoms with Gasteiger partial charge in [-0.3, -0.25) is 18.3 Å². The van der Waals surface area contributed by atoms with Crippen LogP contribution < -0.4 is 16.0 Å². The average Bonchev–Trinajstić information content (AvgIpc) is 3.34. The molecule has 0 fully saturated rings. The molecule has 0 unspecified atom stereocenters. The topological polar surface area (TPSA) is 75.5 Å². The number of imidazole rings is 2. The Hall–Kier alpha value is -4.07. The van der Waals surface area contributed by atoms with Crippen molar-refractivity contribution in [2.24, 2.45) is 7.05 Å². The average molecular weight is 444 g/mol. The molecule has 0 atom stereocenters. The maximum atomic E-state index is 13.4. The number of methoxy groups -OCH3 is 1. The number of nitrogens with zero attached hydrogens (tertiary/aromatic N) is 5. The van der Waals surface area contributed by atoms with Gasteiger partial charge < -0.3 is 9.30 Å². The van der Waals surface area contributed by atoms with Gasteiger partial charge in [-0.1, -0.05) is 42.5 Å². The molecule has 168 valence electrons. The summed E-state index contributed by atoms with van der Waals surface area (Å²) in [5.74, 6) is 1.43. The number of ether oxygens (including phenoxy) is 1. The molecule has 0 aliphatic rings. The van der Waals surface area contributed by atoms with E-state index in [1.54, 1.807) is 18.6 Å². The molecule has 0 aliphatic heterocycles. The van der Waals surface area contributed by atoms with Crippen molar-refractivity contribution >= 4 is 16.9 Å². The minimum atomic E-state index is -0.359. The third kappa shape index (κ3) is 3.53.